The summed E-state index contributed by atoms with van der Waals surface area (Å²) in [7, 11) is 0. The van der Waals surface area contributed by atoms with Gasteiger partial charge in [-0.1, -0.05) is 12.1 Å². The minimum Gasteiger partial charge on any atom is -0.508 e. The lowest BCUT2D eigenvalue weighted by Gasteiger charge is -2.22. The van der Waals surface area contributed by atoms with Crippen molar-refractivity contribution in [2.24, 2.45) is 0 Å². The zero-order chi connectivity index (χ0) is 11.6. The summed E-state index contributed by atoms with van der Waals surface area (Å²) in [6.45, 7) is 2.88. The van der Waals surface area contributed by atoms with Gasteiger partial charge < -0.3 is 10.4 Å². The predicted molar refractivity (Wildman–Crippen MR) is 62.5 cm³/mol. The predicted octanol–water partition coefficient (Wildman–Crippen LogP) is 1.65. The van der Waals surface area contributed by atoms with Gasteiger partial charge in [-0.25, -0.2) is 0 Å². The van der Waals surface area contributed by atoms with Gasteiger partial charge in [-0.15, -0.1) is 0 Å². The Balaban J connectivity index is 2.07. The first-order valence-electron chi connectivity index (χ1n) is 5.66. The van der Waals surface area contributed by atoms with Crippen LogP contribution in [-0.2, 0) is 11.2 Å². The van der Waals surface area contributed by atoms with Crippen LogP contribution in [0.15, 0.2) is 24.3 Å². The van der Waals surface area contributed by atoms with E-state index in [0.29, 0.717) is 6.42 Å². The highest BCUT2D eigenvalue weighted by Crippen LogP contribution is 2.22. The van der Waals surface area contributed by atoms with Crippen LogP contribution in [0.5, 0.6) is 5.75 Å². The molecule has 0 saturated carbocycles. The number of aromatic hydroxyl groups is 1. The van der Waals surface area contributed by atoms with Crippen LogP contribution in [0.4, 0.5) is 0 Å². The SMILES string of the molecule is CC1(C(=O)Cc2cccc(O)c2)CCCN1. The van der Waals surface area contributed by atoms with Crippen LogP contribution in [0.3, 0.4) is 0 Å². The highest BCUT2D eigenvalue weighted by atomic mass is 16.3. The van der Waals surface area contributed by atoms with E-state index in [1.54, 1.807) is 18.2 Å². The van der Waals surface area contributed by atoms with Gasteiger partial charge in [0.05, 0.1) is 5.54 Å². The summed E-state index contributed by atoms with van der Waals surface area (Å²) < 4.78 is 0. The fraction of sp³-hybridized carbons (Fsp3) is 0.462. The Morgan fingerprint density at radius 3 is 3.00 bits per heavy atom. The minimum absolute atomic E-state index is 0.204. The number of carbonyl (C=O) groups is 1. The molecule has 0 radical (unpaired) electrons. The van der Waals surface area contributed by atoms with E-state index in [-0.39, 0.29) is 17.1 Å². The van der Waals surface area contributed by atoms with Crippen molar-refractivity contribution in [1.29, 1.82) is 0 Å². The quantitative estimate of drug-likeness (QED) is 0.812. The first-order valence-corrected chi connectivity index (χ1v) is 5.66. The number of nitrogens with one attached hydrogen (secondary N) is 1. The summed E-state index contributed by atoms with van der Waals surface area (Å²) in [5.74, 6) is 0.422. The molecule has 86 valence electrons. The minimum atomic E-state index is -0.370. The van der Waals surface area contributed by atoms with E-state index in [9.17, 15) is 9.90 Å². The first-order chi connectivity index (χ1) is 7.60. The molecule has 1 atom stereocenters. The van der Waals surface area contributed by atoms with Gasteiger partial charge >= 0.3 is 0 Å². The summed E-state index contributed by atoms with van der Waals surface area (Å²) in [5, 5.41) is 12.6. The van der Waals surface area contributed by atoms with Gasteiger partial charge in [-0.2, -0.15) is 0 Å². The molecule has 2 N–H and O–H groups in total. The molecule has 1 aliphatic rings. The Kier molecular flexibility index (Phi) is 2.97. The maximum Gasteiger partial charge on any atom is 0.156 e. The molecule has 0 spiro atoms. The number of phenolic OH excluding ortho intramolecular Hbond substituents is 1. The standard InChI is InChI=1S/C13H17NO2/c1-13(6-3-7-14-13)12(16)9-10-4-2-5-11(15)8-10/h2,4-5,8,14-15H,3,6-7,9H2,1H3. The largest absolute Gasteiger partial charge is 0.508 e. The fourth-order valence-corrected chi connectivity index (χ4v) is 2.18. The van der Waals surface area contributed by atoms with Gasteiger partial charge in [-0.3, -0.25) is 4.79 Å². The number of carbonyl (C=O) groups excluding carboxylic acids is 1. The van der Waals surface area contributed by atoms with Crippen LogP contribution in [0, 0.1) is 0 Å². The van der Waals surface area contributed by atoms with Crippen LogP contribution in [-0.4, -0.2) is 23.0 Å². The average Bonchev–Trinajstić information content (AvgIpc) is 2.66. The van der Waals surface area contributed by atoms with Crippen LogP contribution >= 0.6 is 0 Å². The van der Waals surface area contributed by atoms with Crippen LogP contribution in [0.1, 0.15) is 25.3 Å². The topological polar surface area (TPSA) is 49.3 Å². The number of hydrogen-bond donors (Lipinski definition) is 2. The van der Waals surface area contributed by atoms with Crippen molar-refractivity contribution in [3.63, 3.8) is 0 Å². The lowest BCUT2D eigenvalue weighted by atomic mass is 9.90. The Morgan fingerprint density at radius 2 is 2.38 bits per heavy atom. The molecule has 2 rings (SSSR count). The Bertz CT molecular complexity index is 395. The molecule has 0 aliphatic carbocycles. The van der Waals surface area contributed by atoms with Crippen LogP contribution in [0.25, 0.3) is 0 Å². The Hall–Kier alpha value is -1.35. The van der Waals surface area contributed by atoms with Crippen LogP contribution < -0.4 is 5.32 Å². The summed E-state index contributed by atoms with van der Waals surface area (Å²) in [6.07, 6.45) is 2.35. The third-order valence-corrected chi connectivity index (χ3v) is 3.26. The van der Waals surface area contributed by atoms with E-state index in [4.69, 9.17) is 0 Å². The molecule has 3 nitrogen and oxygen atoms in total. The van der Waals surface area contributed by atoms with E-state index in [1.807, 2.05) is 13.0 Å². The lowest BCUT2D eigenvalue weighted by molar-refractivity contribution is -0.123. The fourth-order valence-electron chi connectivity index (χ4n) is 2.18. The lowest BCUT2D eigenvalue weighted by Crippen LogP contribution is -2.45. The van der Waals surface area contributed by atoms with E-state index < -0.39 is 0 Å². The molecule has 3 heteroatoms. The number of phenols is 1. The zero-order valence-corrected chi connectivity index (χ0v) is 9.49. The highest BCUT2D eigenvalue weighted by Gasteiger charge is 2.35. The van der Waals surface area contributed by atoms with Crippen LogP contribution in [0.2, 0.25) is 0 Å². The summed E-state index contributed by atoms with van der Waals surface area (Å²) in [6, 6.07) is 6.90. The normalized spacial score (nSPS) is 24.6. The van der Waals surface area contributed by atoms with E-state index in [2.05, 4.69) is 5.32 Å². The molecule has 1 aromatic carbocycles. The summed E-state index contributed by atoms with van der Waals surface area (Å²) >= 11 is 0. The van der Waals surface area contributed by atoms with Crippen molar-refractivity contribution in [2.75, 3.05) is 6.54 Å². The molecule has 1 aromatic rings. The third kappa shape index (κ3) is 2.25. The molecule has 0 bridgehead atoms. The van der Waals surface area contributed by atoms with Crippen molar-refractivity contribution >= 4 is 5.78 Å². The van der Waals surface area contributed by atoms with Gasteiger partial charge in [0.25, 0.3) is 0 Å². The molecule has 1 aliphatic heterocycles. The molecule has 1 fully saturated rings. The van der Waals surface area contributed by atoms with Gasteiger partial charge in [0.15, 0.2) is 5.78 Å². The van der Waals surface area contributed by atoms with E-state index in [0.717, 1.165) is 24.9 Å². The van der Waals surface area contributed by atoms with Crippen molar-refractivity contribution in [3.8, 4) is 5.75 Å². The van der Waals surface area contributed by atoms with E-state index >= 15 is 0 Å². The zero-order valence-electron chi connectivity index (χ0n) is 9.49. The Morgan fingerprint density at radius 1 is 1.56 bits per heavy atom. The molecule has 1 heterocycles. The second-order valence-electron chi connectivity index (χ2n) is 4.63. The second-order valence-corrected chi connectivity index (χ2v) is 4.63. The van der Waals surface area contributed by atoms with Gasteiger partial charge in [-0.05, 0) is 44.0 Å². The van der Waals surface area contributed by atoms with Crippen molar-refractivity contribution in [1.82, 2.24) is 5.32 Å². The first kappa shape index (κ1) is 11.1. The molecule has 1 saturated heterocycles. The average molecular weight is 219 g/mol. The number of Topliss-reactive ketones (excluding diaryl/α,β-unsaturated/α-hetero) is 1. The third-order valence-electron chi connectivity index (χ3n) is 3.26. The van der Waals surface area contributed by atoms with Crippen molar-refractivity contribution in [3.05, 3.63) is 29.8 Å². The van der Waals surface area contributed by atoms with Gasteiger partial charge in [0, 0.05) is 6.42 Å². The van der Waals surface area contributed by atoms with Gasteiger partial charge in [0.2, 0.25) is 0 Å². The Labute approximate surface area is 95.5 Å². The smallest absolute Gasteiger partial charge is 0.156 e. The number of ketones is 1. The maximum absolute atomic E-state index is 12.1. The number of rotatable bonds is 3. The van der Waals surface area contributed by atoms with E-state index in [1.165, 1.54) is 0 Å². The van der Waals surface area contributed by atoms with Gasteiger partial charge in [0.1, 0.15) is 5.75 Å². The summed E-state index contributed by atoms with van der Waals surface area (Å²) in [5.41, 5.74) is 0.505. The molecular formula is C13H17NO2. The molecule has 1 unspecified atom stereocenters. The molecule has 0 aromatic heterocycles. The monoisotopic (exact) mass is 219 g/mol. The molecule has 16 heavy (non-hydrogen) atoms. The molecular weight excluding hydrogens is 202 g/mol. The molecule has 0 amide bonds. The van der Waals surface area contributed by atoms with Crippen molar-refractivity contribution < 1.29 is 9.90 Å². The maximum atomic E-state index is 12.1. The second kappa shape index (κ2) is 4.26. The number of hydrogen-bond acceptors (Lipinski definition) is 3. The summed E-state index contributed by atoms with van der Waals surface area (Å²) in [4.78, 5) is 12.1. The number of benzene rings is 1. The highest BCUT2D eigenvalue weighted by molar-refractivity contribution is 5.90. The van der Waals surface area contributed by atoms with Crippen molar-refractivity contribution in [2.45, 2.75) is 31.7 Å².